The van der Waals surface area contributed by atoms with Crippen LogP contribution in [-0.4, -0.2) is 47.8 Å². The Kier molecular flexibility index (Phi) is 6.31. The molecule has 2 heterocycles. The summed E-state index contributed by atoms with van der Waals surface area (Å²) in [6.45, 7) is 5.27. The molecule has 1 unspecified atom stereocenters. The van der Waals surface area contributed by atoms with Crippen LogP contribution in [0.1, 0.15) is 43.6 Å². The van der Waals surface area contributed by atoms with Gasteiger partial charge in [-0.2, -0.15) is 0 Å². The van der Waals surface area contributed by atoms with Crippen molar-refractivity contribution in [1.82, 2.24) is 9.88 Å². The van der Waals surface area contributed by atoms with Gasteiger partial charge < -0.3 is 15.4 Å². The molecule has 0 radical (unpaired) electrons. The largest absolute Gasteiger partial charge is 0.481 e. The first-order chi connectivity index (χ1) is 11.4. The molecule has 1 aliphatic rings. The minimum absolute atomic E-state index is 0.0118. The monoisotopic (exact) mass is 333 g/mol. The number of rotatable bonds is 6. The smallest absolute Gasteiger partial charge is 0.239 e. The summed E-state index contributed by atoms with van der Waals surface area (Å²) in [5.41, 5.74) is 6.11. The lowest BCUT2D eigenvalue weighted by Gasteiger charge is -2.35. The van der Waals surface area contributed by atoms with Crippen molar-refractivity contribution in [3.8, 4) is 5.88 Å². The summed E-state index contributed by atoms with van der Waals surface area (Å²) >= 11 is 0. The van der Waals surface area contributed by atoms with Gasteiger partial charge in [0.05, 0.1) is 13.2 Å². The third kappa shape index (κ3) is 4.54. The van der Waals surface area contributed by atoms with Crippen LogP contribution in [0.3, 0.4) is 0 Å². The van der Waals surface area contributed by atoms with Gasteiger partial charge >= 0.3 is 0 Å². The van der Waals surface area contributed by atoms with Crippen LogP contribution in [0.4, 0.5) is 0 Å². The van der Waals surface area contributed by atoms with E-state index in [9.17, 15) is 9.59 Å². The minimum atomic E-state index is -0.445. The fourth-order valence-corrected chi connectivity index (χ4v) is 3.22. The van der Waals surface area contributed by atoms with E-state index in [0.717, 1.165) is 25.9 Å². The summed E-state index contributed by atoms with van der Waals surface area (Å²) in [6.07, 6.45) is 2.29. The number of nitrogens with zero attached hydrogens (tertiary/aromatic N) is 2. The molecule has 132 valence electrons. The van der Waals surface area contributed by atoms with E-state index < -0.39 is 6.04 Å². The number of Topliss-reactive ketones (excluding diaryl/α,β-unsaturated/α-hetero) is 1. The molecule has 1 fully saturated rings. The molecular formula is C18H27N3O3. The quantitative estimate of drug-likeness (QED) is 0.804. The SMILES string of the molecule is COc1cccc(C(=O)CC(C)C2CCN(C(=O)[C@H](C)N)CC2)n1. The molecule has 1 aromatic rings. The number of ether oxygens (including phenoxy) is 1. The van der Waals surface area contributed by atoms with Gasteiger partial charge in [-0.05, 0) is 37.7 Å². The average molecular weight is 333 g/mol. The number of methoxy groups -OCH3 is 1. The van der Waals surface area contributed by atoms with E-state index in [1.807, 2.05) is 4.90 Å². The summed E-state index contributed by atoms with van der Waals surface area (Å²) in [4.78, 5) is 30.4. The molecule has 0 spiro atoms. The summed E-state index contributed by atoms with van der Waals surface area (Å²) in [6, 6.07) is 4.79. The van der Waals surface area contributed by atoms with Crippen LogP contribution in [0.2, 0.25) is 0 Å². The lowest BCUT2D eigenvalue weighted by atomic mass is 9.82. The highest BCUT2D eigenvalue weighted by Gasteiger charge is 2.28. The van der Waals surface area contributed by atoms with Crippen LogP contribution in [0.5, 0.6) is 5.88 Å². The summed E-state index contributed by atoms with van der Waals surface area (Å²) in [7, 11) is 1.54. The Morgan fingerprint density at radius 1 is 1.33 bits per heavy atom. The van der Waals surface area contributed by atoms with Crippen molar-refractivity contribution in [3.63, 3.8) is 0 Å². The molecule has 1 amide bonds. The molecule has 1 saturated heterocycles. The van der Waals surface area contributed by atoms with Gasteiger partial charge in [0, 0.05) is 25.6 Å². The van der Waals surface area contributed by atoms with Crippen LogP contribution in [0.15, 0.2) is 18.2 Å². The fraction of sp³-hybridized carbons (Fsp3) is 0.611. The van der Waals surface area contributed by atoms with Gasteiger partial charge in [0.2, 0.25) is 11.8 Å². The van der Waals surface area contributed by atoms with Gasteiger partial charge in [-0.15, -0.1) is 0 Å². The van der Waals surface area contributed by atoms with E-state index in [0.29, 0.717) is 23.9 Å². The van der Waals surface area contributed by atoms with Gasteiger partial charge in [0.25, 0.3) is 0 Å². The number of piperidine rings is 1. The summed E-state index contributed by atoms with van der Waals surface area (Å²) < 4.78 is 5.07. The Hall–Kier alpha value is -1.95. The standard InChI is InChI=1S/C18H27N3O3/c1-12(11-16(22)15-5-4-6-17(20-15)24-3)14-7-9-21(10-8-14)18(23)13(2)19/h4-6,12-14H,7-11,19H2,1-3H3/t12?,13-/m0/s1. The van der Waals surface area contributed by atoms with Crippen LogP contribution >= 0.6 is 0 Å². The fourth-order valence-electron chi connectivity index (χ4n) is 3.22. The zero-order valence-corrected chi connectivity index (χ0v) is 14.7. The number of carbonyl (C=O) groups excluding carboxylic acids is 2. The normalized spacial score (nSPS) is 18.1. The van der Waals surface area contributed by atoms with E-state index in [4.69, 9.17) is 10.5 Å². The number of amides is 1. The maximum Gasteiger partial charge on any atom is 0.239 e. The lowest BCUT2D eigenvalue weighted by Crippen LogP contribution is -2.46. The molecule has 24 heavy (non-hydrogen) atoms. The molecule has 6 heteroatoms. The molecule has 2 N–H and O–H groups in total. The van der Waals surface area contributed by atoms with Crippen molar-refractivity contribution in [2.24, 2.45) is 17.6 Å². The molecule has 0 aromatic carbocycles. The molecule has 0 saturated carbocycles. The molecule has 1 aliphatic heterocycles. The number of nitrogens with two attached hydrogens (primary N) is 1. The van der Waals surface area contributed by atoms with Crippen LogP contribution in [0.25, 0.3) is 0 Å². The Labute approximate surface area is 143 Å². The highest BCUT2D eigenvalue weighted by molar-refractivity contribution is 5.94. The van der Waals surface area contributed by atoms with E-state index >= 15 is 0 Å². The average Bonchev–Trinajstić information content (AvgIpc) is 2.61. The predicted octanol–water partition coefficient (Wildman–Crippen LogP) is 1.88. The first-order valence-corrected chi connectivity index (χ1v) is 8.51. The Balaban J connectivity index is 1.88. The second kappa shape index (κ2) is 8.24. The van der Waals surface area contributed by atoms with Gasteiger partial charge in [-0.3, -0.25) is 9.59 Å². The Morgan fingerprint density at radius 2 is 2.00 bits per heavy atom. The highest BCUT2D eigenvalue weighted by Crippen LogP contribution is 2.28. The third-order valence-corrected chi connectivity index (χ3v) is 4.77. The van der Waals surface area contributed by atoms with Crippen molar-refractivity contribution in [2.45, 2.75) is 39.2 Å². The number of hydrogen-bond acceptors (Lipinski definition) is 5. The summed E-state index contributed by atoms with van der Waals surface area (Å²) in [5, 5.41) is 0. The van der Waals surface area contributed by atoms with Gasteiger partial charge in [-0.25, -0.2) is 4.98 Å². The van der Waals surface area contributed by atoms with Crippen LogP contribution < -0.4 is 10.5 Å². The number of pyridine rings is 1. The lowest BCUT2D eigenvalue weighted by molar-refractivity contribution is -0.133. The van der Waals surface area contributed by atoms with E-state index in [1.165, 1.54) is 7.11 Å². The molecular weight excluding hydrogens is 306 g/mol. The van der Waals surface area contributed by atoms with E-state index in [2.05, 4.69) is 11.9 Å². The zero-order valence-electron chi connectivity index (χ0n) is 14.7. The summed E-state index contributed by atoms with van der Waals surface area (Å²) in [5.74, 6) is 1.21. The topological polar surface area (TPSA) is 85.5 Å². The van der Waals surface area contributed by atoms with E-state index in [-0.39, 0.29) is 17.6 Å². The molecule has 1 aromatic heterocycles. The molecule has 2 rings (SSSR count). The molecule has 2 atom stereocenters. The second-order valence-electron chi connectivity index (χ2n) is 6.62. The van der Waals surface area contributed by atoms with Crippen LogP contribution in [0, 0.1) is 11.8 Å². The molecule has 0 aliphatic carbocycles. The number of ketones is 1. The van der Waals surface area contributed by atoms with Crippen molar-refractivity contribution in [3.05, 3.63) is 23.9 Å². The Morgan fingerprint density at radius 3 is 2.58 bits per heavy atom. The van der Waals surface area contributed by atoms with E-state index in [1.54, 1.807) is 25.1 Å². The Bertz CT molecular complexity index is 581. The van der Waals surface area contributed by atoms with Gasteiger partial charge in [0.15, 0.2) is 5.78 Å². The minimum Gasteiger partial charge on any atom is -0.481 e. The second-order valence-corrected chi connectivity index (χ2v) is 6.62. The van der Waals surface area contributed by atoms with Crippen molar-refractivity contribution in [1.29, 1.82) is 0 Å². The predicted molar refractivity (Wildman–Crippen MR) is 91.9 cm³/mol. The number of aromatic nitrogens is 1. The van der Waals surface area contributed by atoms with Crippen LogP contribution in [-0.2, 0) is 4.79 Å². The van der Waals surface area contributed by atoms with Gasteiger partial charge in [-0.1, -0.05) is 13.0 Å². The van der Waals surface area contributed by atoms with Crippen molar-refractivity contribution >= 4 is 11.7 Å². The van der Waals surface area contributed by atoms with Gasteiger partial charge in [0.1, 0.15) is 5.69 Å². The molecule has 6 nitrogen and oxygen atoms in total. The number of likely N-dealkylation sites (tertiary alicyclic amines) is 1. The molecule has 0 bridgehead atoms. The van der Waals surface area contributed by atoms with Crippen molar-refractivity contribution < 1.29 is 14.3 Å². The maximum absolute atomic E-state index is 12.4. The highest BCUT2D eigenvalue weighted by atomic mass is 16.5. The number of hydrogen-bond donors (Lipinski definition) is 1. The zero-order chi connectivity index (χ0) is 17.7. The van der Waals surface area contributed by atoms with Crippen molar-refractivity contribution in [2.75, 3.05) is 20.2 Å². The third-order valence-electron chi connectivity index (χ3n) is 4.77. The first kappa shape index (κ1) is 18.4. The number of carbonyl (C=O) groups is 2. The maximum atomic E-state index is 12.4. The first-order valence-electron chi connectivity index (χ1n) is 8.51.